The molecule has 0 aliphatic carbocycles. The molecule has 0 unspecified atom stereocenters. The van der Waals surface area contributed by atoms with Crippen LogP contribution in [0.1, 0.15) is 11.4 Å². The first-order chi connectivity index (χ1) is 14.5. The number of carbonyl (C=O) groups excluding carboxylic acids is 1. The van der Waals surface area contributed by atoms with Crippen molar-refractivity contribution >= 4 is 56.0 Å². The quantitative estimate of drug-likeness (QED) is 0.285. The number of nitrogens with zero attached hydrogens (tertiary/aromatic N) is 4. The van der Waals surface area contributed by atoms with E-state index in [9.17, 15) is 9.90 Å². The number of fused-ring (bicyclic) bond motifs is 1. The number of phenolic OH excluding ortho intramolecular Hbond substituents is 1. The van der Waals surface area contributed by atoms with E-state index in [1.807, 2.05) is 24.3 Å². The van der Waals surface area contributed by atoms with Crippen LogP contribution < -0.4 is 11.2 Å². The molecule has 0 fully saturated rings. The third-order valence-electron chi connectivity index (χ3n) is 4.24. The summed E-state index contributed by atoms with van der Waals surface area (Å²) in [6, 6.07) is 12.4. The van der Waals surface area contributed by atoms with Crippen LogP contribution in [0.2, 0.25) is 5.02 Å². The van der Waals surface area contributed by atoms with Gasteiger partial charge in [0.25, 0.3) is 0 Å². The van der Waals surface area contributed by atoms with E-state index in [0.717, 1.165) is 15.8 Å². The smallest absolute Gasteiger partial charge is 0.236 e. The zero-order valence-electron chi connectivity index (χ0n) is 15.6. The summed E-state index contributed by atoms with van der Waals surface area (Å²) in [5.41, 5.74) is 1.84. The van der Waals surface area contributed by atoms with Gasteiger partial charge in [0.15, 0.2) is 11.0 Å². The van der Waals surface area contributed by atoms with Crippen LogP contribution in [-0.2, 0) is 17.6 Å². The third-order valence-corrected chi connectivity index (χ3v) is 6.35. The number of rotatable bonds is 7. The summed E-state index contributed by atoms with van der Waals surface area (Å²) in [4.78, 5) is 16.6. The maximum absolute atomic E-state index is 12.3. The number of aryl methyl sites for hydroxylation is 2. The fraction of sp³-hybridized carbons (Fsp3) is 0.158. The molecule has 2 aromatic heterocycles. The van der Waals surface area contributed by atoms with E-state index in [4.69, 9.17) is 17.4 Å². The van der Waals surface area contributed by atoms with Crippen LogP contribution in [0.5, 0.6) is 5.75 Å². The average molecular weight is 461 g/mol. The molecule has 2 heterocycles. The molecular weight excluding hydrogens is 444 g/mol. The van der Waals surface area contributed by atoms with Gasteiger partial charge in [0.2, 0.25) is 11.1 Å². The van der Waals surface area contributed by atoms with E-state index in [1.165, 1.54) is 27.8 Å². The lowest BCUT2D eigenvalue weighted by atomic mass is 10.1. The summed E-state index contributed by atoms with van der Waals surface area (Å²) < 4.78 is 2.31. The summed E-state index contributed by atoms with van der Waals surface area (Å²) >= 11 is 8.55. The number of nitrogens with two attached hydrogens (primary N) is 1. The number of carbonyl (C=O) groups is 1. The molecule has 0 radical (unpaired) electrons. The topological polar surface area (TPSA) is 119 Å². The van der Waals surface area contributed by atoms with Crippen LogP contribution in [0, 0.1) is 0 Å². The molecule has 4 rings (SSSR count). The van der Waals surface area contributed by atoms with Crippen molar-refractivity contribution in [1.82, 2.24) is 19.9 Å². The Morgan fingerprint density at radius 3 is 2.80 bits per heavy atom. The number of benzene rings is 2. The molecule has 0 spiro atoms. The number of amides is 1. The number of thiazole rings is 1. The first-order valence-corrected chi connectivity index (χ1v) is 11.1. The summed E-state index contributed by atoms with van der Waals surface area (Å²) in [7, 11) is 0. The molecule has 154 valence electrons. The molecule has 0 aliphatic heterocycles. The Labute approximate surface area is 185 Å². The number of nitrogen functional groups attached to an aromatic ring is 1. The second-order valence-electron chi connectivity index (χ2n) is 6.40. The number of phenols is 1. The lowest BCUT2D eigenvalue weighted by Crippen LogP contribution is -2.17. The Morgan fingerprint density at radius 2 is 2.00 bits per heavy atom. The van der Waals surface area contributed by atoms with E-state index in [0.29, 0.717) is 34.0 Å². The van der Waals surface area contributed by atoms with Crippen molar-refractivity contribution in [3.8, 4) is 5.75 Å². The molecule has 8 nitrogen and oxygen atoms in total. The van der Waals surface area contributed by atoms with Gasteiger partial charge in [0.05, 0.1) is 16.0 Å². The molecule has 1 amide bonds. The first-order valence-electron chi connectivity index (χ1n) is 8.94. The number of aromatic hydroxyl groups is 1. The van der Waals surface area contributed by atoms with E-state index in [1.54, 1.807) is 18.2 Å². The van der Waals surface area contributed by atoms with Crippen molar-refractivity contribution in [3.05, 3.63) is 58.9 Å². The van der Waals surface area contributed by atoms with Crippen molar-refractivity contribution in [2.75, 3.05) is 16.9 Å². The van der Waals surface area contributed by atoms with E-state index in [2.05, 4.69) is 20.5 Å². The average Bonchev–Trinajstić information content (AvgIpc) is 3.28. The fourth-order valence-corrected chi connectivity index (χ4v) is 4.57. The largest absolute Gasteiger partial charge is 0.508 e. The monoisotopic (exact) mass is 460 g/mol. The highest BCUT2D eigenvalue weighted by atomic mass is 35.5. The van der Waals surface area contributed by atoms with E-state index < -0.39 is 0 Å². The molecule has 0 bridgehead atoms. The Balaban J connectivity index is 1.31. The van der Waals surface area contributed by atoms with Crippen LogP contribution >= 0.6 is 34.7 Å². The van der Waals surface area contributed by atoms with Gasteiger partial charge in [0, 0.05) is 11.4 Å². The molecule has 0 saturated heterocycles. The normalized spacial score (nSPS) is 11.1. The van der Waals surface area contributed by atoms with Gasteiger partial charge in [-0.15, -0.1) is 10.2 Å². The molecule has 0 atom stereocenters. The SMILES string of the molecule is Nn1c(CCc2ccc(O)cc2)nnc1SCC(=O)Nc1nc2ccc(Cl)cc2s1. The van der Waals surface area contributed by atoms with Gasteiger partial charge in [-0.05, 0) is 42.3 Å². The highest BCUT2D eigenvalue weighted by molar-refractivity contribution is 7.99. The van der Waals surface area contributed by atoms with Crippen LogP contribution in [0.25, 0.3) is 10.2 Å². The number of anilines is 1. The molecule has 0 aliphatic rings. The summed E-state index contributed by atoms with van der Waals surface area (Å²) in [5.74, 6) is 6.84. The number of aromatic nitrogens is 4. The number of hydrogen-bond acceptors (Lipinski definition) is 8. The lowest BCUT2D eigenvalue weighted by molar-refractivity contribution is -0.113. The predicted molar refractivity (Wildman–Crippen MR) is 120 cm³/mol. The molecule has 30 heavy (non-hydrogen) atoms. The minimum atomic E-state index is -0.209. The number of nitrogens with one attached hydrogen (secondary N) is 1. The van der Waals surface area contributed by atoms with Crippen LogP contribution in [0.15, 0.2) is 47.6 Å². The highest BCUT2D eigenvalue weighted by Crippen LogP contribution is 2.28. The van der Waals surface area contributed by atoms with Crippen molar-refractivity contribution < 1.29 is 9.90 Å². The summed E-state index contributed by atoms with van der Waals surface area (Å²) in [6.45, 7) is 0. The van der Waals surface area contributed by atoms with Gasteiger partial charge in [-0.2, -0.15) is 0 Å². The minimum Gasteiger partial charge on any atom is -0.508 e. The van der Waals surface area contributed by atoms with Gasteiger partial charge < -0.3 is 16.3 Å². The van der Waals surface area contributed by atoms with Gasteiger partial charge in [0.1, 0.15) is 5.75 Å². The van der Waals surface area contributed by atoms with Crippen molar-refractivity contribution in [3.63, 3.8) is 0 Å². The van der Waals surface area contributed by atoms with Crippen molar-refractivity contribution in [2.45, 2.75) is 18.0 Å². The Bertz CT molecular complexity index is 1190. The minimum absolute atomic E-state index is 0.129. The predicted octanol–water partition coefficient (Wildman–Crippen LogP) is 3.48. The van der Waals surface area contributed by atoms with Crippen LogP contribution in [-0.4, -0.2) is 36.6 Å². The summed E-state index contributed by atoms with van der Waals surface area (Å²) in [5, 5.41) is 21.9. The molecule has 2 aromatic carbocycles. The lowest BCUT2D eigenvalue weighted by Gasteiger charge is -2.04. The standard InChI is InChI=1S/C19H17ClN6O2S2/c20-12-4-7-14-15(9-12)30-18(22-14)23-17(28)10-29-19-25-24-16(26(19)21)8-3-11-1-5-13(27)6-2-11/h1-2,4-7,9,27H,3,8,10,21H2,(H,22,23,28). The summed E-state index contributed by atoms with van der Waals surface area (Å²) in [6.07, 6.45) is 1.30. The van der Waals surface area contributed by atoms with Crippen LogP contribution in [0.3, 0.4) is 0 Å². The molecule has 4 aromatic rings. The highest BCUT2D eigenvalue weighted by Gasteiger charge is 2.14. The molecule has 11 heteroatoms. The first kappa shape index (κ1) is 20.5. The number of thioether (sulfide) groups is 1. The van der Waals surface area contributed by atoms with Gasteiger partial charge >= 0.3 is 0 Å². The maximum Gasteiger partial charge on any atom is 0.236 e. The Hall–Kier alpha value is -2.82. The molecule has 4 N–H and O–H groups in total. The molecule has 0 saturated carbocycles. The third kappa shape index (κ3) is 4.84. The van der Waals surface area contributed by atoms with Crippen molar-refractivity contribution in [1.29, 1.82) is 0 Å². The zero-order chi connectivity index (χ0) is 21.1. The number of halogens is 1. The van der Waals surface area contributed by atoms with Crippen LogP contribution in [0.4, 0.5) is 5.13 Å². The van der Waals surface area contributed by atoms with Gasteiger partial charge in [-0.3, -0.25) is 4.79 Å². The fourth-order valence-electron chi connectivity index (χ4n) is 2.73. The Kier molecular flexibility index (Phi) is 6.07. The molecular formula is C19H17ClN6O2S2. The van der Waals surface area contributed by atoms with E-state index in [-0.39, 0.29) is 17.4 Å². The van der Waals surface area contributed by atoms with E-state index >= 15 is 0 Å². The second kappa shape index (κ2) is 8.90. The second-order valence-corrected chi connectivity index (χ2v) is 8.81. The number of hydrogen-bond donors (Lipinski definition) is 3. The van der Waals surface area contributed by atoms with Gasteiger partial charge in [-0.25, -0.2) is 9.66 Å². The Morgan fingerprint density at radius 1 is 1.20 bits per heavy atom. The van der Waals surface area contributed by atoms with Crippen molar-refractivity contribution in [2.24, 2.45) is 0 Å². The maximum atomic E-state index is 12.3. The zero-order valence-corrected chi connectivity index (χ0v) is 18.0. The van der Waals surface area contributed by atoms with Gasteiger partial charge in [-0.1, -0.05) is 46.8 Å².